The number of rotatable bonds is 6. The molecule has 1 saturated heterocycles. The monoisotopic (exact) mass is 418 g/mol. The lowest BCUT2D eigenvalue weighted by molar-refractivity contribution is -0.125. The van der Waals surface area contributed by atoms with Crippen molar-refractivity contribution in [2.24, 2.45) is 11.1 Å². The Morgan fingerprint density at radius 1 is 1.13 bits per heavy atom. The number of halogens is 2. The van der Waals surface area contributed by atoms with Gasteiger partial charge in [-0.25, -0.2) is 8.78 Å². The Labute approximate surface area is 173 Å². The van der Waals surface area contributed by atoms with Crippen molar-refractivity contribution in [3.8, 4) is 11.5 Å². The van der Waals surface area contributed by atoms with Gasteiger partial charge in [0.15, 0.2) is 0 Å². The number of nitrogens with zero attached hydrogens (tertiary/aromatic N) is 1. The molecular weight excluding hydrogens is 394 g/mol. The highest BCUT2D eigenvalue weighted by molar-refractivity contribution is 5.94. The smallest absolute Gasteiger partial charge is 0.254 e. The lowest BCUT2D eigenvalue weighted by Gasteiger charge is -2.26. The average Bonchev–Trinajstić information content (AvgIpc) is 2.71. The Hall–Kier alpha value is -3.00. The minimum atomic E-state index is -1.05. The van der Waals surface area contributed by atoms with Crippen molar-refractivity contribution in [1.29, 1.82) is 0 Å². The summed E-state index contributed by atoms with van der Waals surface area (Å²) in [6.45, 7) is 5.21. The summed E-state index contributed by atoms with van der Waals surface area (Å²) in [4.78, 5) is 25.9. The van der Waals surface area contributed by atoms with E-state index in [1.807, 2.05) is 0 Å². The van der Waals surface area contributed by atoms with E-state index in [1.54, 1.807) is 43.0 Å². The SMILES string of the molecule is CC(C)(Cc1c(F)cc(F)cc1Oc1ccc(C(=O)N2CCOCC2)cc1)C(N)=O. The summed E-state index contributed by atoms with van der Waals surface area (Å²) in [5.41, 5.74) is 4.86. The van der Waals surface area contributed by atoms with E-state index in [1.165, 1.54) is 0 Å². The van der Waals surface area contributed by atoms with E-state index in [4.69, 9.17) is 15.2 Å². The molecule has 2 aromatic rings. The van der Waals surface area contributed by atoms with Crippen LogP contribution in [0.25, 0.3) is 0 Å². The first kappa shape index (κ1) is 21.7. The predicted molar refractivity (Wildman–Crippen MR) is 106 cm³/mol. The molecule has 6 nitrogen and oxygen atoms in total. The van der Waals surface area contributed by atoms with Gasteiger partial charge in [0.2, 0.25) is 5.91 Å². The van der Waals surface area contributed by atoms with Crippen LogP contribution < -0.4 is 10.5 Å². The summed E-state index contributed by atoms with van der Waals surface area (Å²) in [5, 5.41) is 0. The molecule has 0 unspecified atom stereocenters. The fourth-order valence-corrected chi connectivity index (χ4v) is 3.11. The normalized spacial score (nSPS) is 14.5. The summed E-state index contributed by atoms with van der Waals surface area (Å²) in [7, 11) is 0. The van der Waals surface area contributed by atoms with Crippen molar-refractivity contribution in [2.45, 2.75) is 20.3 Å². The van der Waals surface area contributed by atoms with E-state index in [-0.39, 0.29) is 23.6 Å². The summed E-state index contributed by atoms with van der Waals surface area (Å²) < 4.78 is 39.2. The maximum Gasteiger partial charge on any atom is 0.254 e. The van der Waals surface area contributed by atoms with E-state index in [9.17, 15) is 18.4 Å². The first-order chi connectivity index (χ1) is 14.2. The van der Waals surface area contributed by atoms with Gasteiger partial charge in [0.25, 0.3) is 5.91 Å². The maximum absolute atomic E-state index is 14.5. The first-order valence-corrected chi connectivity index (χ1v) is 9.60. The predicted octanol–water partition coefficient (Wildman–Crippen LogP) is 3.28. The summed E-state index contributed by atoms with van der Waals surface area (Å²) >= 11 is 0. The van der Waals surface area contributed by atoms with Crippen LogP contribution >= 0.6 is 0 Å². The van der Waals surface area contributed by atoms with Crippen LogP contribution in [0.5, 0.6) is 11.5 Å². The lowest BCUT2D eigenvalue weighted by atomic mass is 9.84. The zero-order valence-corrected chi connectivity index (χ0v) is 16.9. The van der Waals surface area contributed by atoms with Crippen LogP contribution in [0.15, 0.2) is 36.4 Å². The lowest BCUT2D eigenvalue weighted by Crippen LogP contribution is -2.40. The number of morpholine rings is 1. The molecule has 2 N–H and O–H groups in total. The Morgan fingerprint density at radius 2 is 1.77 bits per heavy atom. The quantitative estimate of drug-likeness (QED) is 0.781. The fraction of sp³-hybridized carbons (Fsp3) is 0.364. The van der Waals surface area contributed by atoms with Crippen LogP contribution in [0.3, 0.4) is 0 Å². The van der Waals surface area contributed by atoms with Gasteiger partial charge >= 0.3 is 0 Å². The summed E-state index contributed by atoms with van der Waals surface area (Å²) in [5.74, 6) is -2.10. The van der Waals surface area contributed by atoms with E-state index >= 15 is 0 Å². The van der Waals surface area contributed by atoms with Gasteiger partial charge in [-0.05, 0) is 30.7 Å². The van der Waals surface area contributed by atoms with E-state index in [0.717, 1.165) is 12.1 Å². The number of hydrogen-bond acceptors (Lipinski definition) is 4. The highest BCUT2D eigenvalue weighted by Crippen LogP contribution is 2.33. The van der Waals surface area contributed by atoms with Gasteiger partial charge in [0.05, 0.1) is 13.2 Å². The van der Waals surface area contributed by atoms with Gasteiger partial charge in [0.1, 0.15) is 23.1 Å². The Bertz CT molecular complexity index is 939. The number of carbonyl (C=O) groups excluding carboxylic acids is 2. The number of amides is 2. The number of carbonyl (C=O) groups is 2. The average molecular weight is 418 g/mol. The van der Waals surface area contributed by atoms with Gasteiger partial charge in [-0.2, -0.15) is 0 Å². The van der Waals surface area contributed by atoms with E-state index in [0.29, 0.717) is 37.6 Å². The van der Waals surface area contributed by atoms with Gasteiger partial charge < -0.3 is 20.1 Å². The van der Waals surface area contributed by atoms with Gasteiger partial charge in [-0.3, -0.25) is 9.59 Å². The van der Waals surface area contributed by atoms with Gasteiger partial charge in [0, 0.05) is 41.8 Å². The zero-order valence-electron chi connectivity index (χ0n) is 16.9. The van der Waals surface area contributed by atoms with Crippen molar-refractivity contribution < 1.29 is 27.8 Å². The molecule has 0 radical (unpaired) electrons. The number of primary amides is 1. The van der Waals surface area contributed by atoms with Crippen LogP contribution in [0.1, 0.15) is 29.8 Å². The van der Waals surface area contributed by atoms with Crippen LogP contribution in [0, 0.1) is 17.0 Å². The molecule has 0 atom stereocenters. The molecular formula is C22H24F2N2O4. The van der Waals surface area contributed by atoms with E-state index < -0.39 is 23.0 Å². The molecule has 0 aromatic heterocycles. The highest BCUT2D eigenvalue weighted by atomic mass is 19.1. The third kappa shape index (κ3) is 4.94. The second kappa shape index (κ2) is 8.79. The fourth-order valence-electron chi connectivity index (χ4n) is 3.11. The maximum atomic E-state index is 14.5. The minimum Gasteiger partial charge on any atom is -0.457 e. The van der Waals surface area contributed by atoms with E-state index in [2.05, 4.69) is 0 Å². The standard InChI is InChI=1S/C22H24F2N2O4/c1-22(2,21(25)28)13-17-18(24)11-15(23)12-19(17)30-16-5-3-14(4-6-16)20(27)26-7-9-29-10-8-26/h3-6,11-12H,7-10,13H2,1-2H3,(H2,25,28). The number of nitrogens with two attached hydrogens (primary N) is 1. The molecule has 0 aliphatic carbocycles. The van der Waals surface area contributed by atoms with Crippen LogP contribution in [0.2, 0.25) is 0 Å². The number of benzene rings is 2. The number of ether oxygens (including phenoxy) is 2. The van der Waals surface area contributed by atoms with Crippen molar-refractivity contribution in [1.82, 2.24) is 4.90 Å². The molecule has 0 spiro atoms. The van der Waals surface area contributed by atoms with Crippen LogP contribution in [-0.4, -0.2) is 43.0 Å². The molecule has 8 heteroatoms. The second-order valence-electron chi connectivity index (χ2n) is 7.82. The molecule has 0 saturated carbocycles. The Balaban J connectivity index is 1.82. The molecule has 0 bridgehead atoms. The first-order valence-electron chi connectivity index (χ1n) is 9.60. The Morgan fingerprint density at radius 3 is 2.37 bits per heavy atom. The Kier molecular flexibility index (Phi) is 6.36. The molecule has 1 aliphatic rings. The molecule has 3 rings (SSSR count). The second-order valence-corrected chi connectivity index (χ2v) is 7.82. The third-order valence-corrected chi connectivity index (χ3v) is 5.03. The topological polar surface area (TPSA) is 81.9 Å². The largest absolute Gasteiger partial charge is 0.457 e. The van der Waals surface area contributed by atoms with Crippen LogP contribution in [0.4, 0.5) is 8.78 Å². The number of hydrogen-bond donors (Lipinski definition) is 1. The molecule has 1 heterocycles. The minimum absolute atomic E-state index is 0.0471. The molecule has 160 valence electrons. The summed E-state index contributed by atoms with van der Waals surface area (Å²) in [6.07, 6.45) is -0.0582. The van der Waals surface area contributed by atoms with Gasteiger partial charge in [-0.1, -0.05) is 13.8 Å². The molecule has 1 fully saturated rings. The van der Waals surface area contributed by atoms with Crippen molar-refractivity contribution >= 4 is 11.8 Å². The molecule has 2 amide bonds. The summed E-state index contributed by atoms with van der Waals surface area (Å²) in [6, 6.07) is 8.09. The third-order valence-electron chi connectivity index (χ3n) is 5.03. The van der Waals surface area contributed by atoms with Crippen molar-refractivity contribution in [2.75, 3.05) is 26.3 Å². The molecule has 30 heavy (non-hydrogen) atoms. The molecule has 2 aromatic carbocycles. The zero-order chi connectivity index (χ0) is 21.9. The van der Waals surface area contributed by atoms with Crippen molar-refractivity contribution in [3.63, 3.8) is 0 Å². The van der Waals surface area contributed by atoms with Gasteiger partial charge in [-0.15, -0.1) is 0 Å². The van der Waals surface area contributed by atoms with Crippen molar-refractivity contribution in [3.05, 3.63) is 59.2 Å². The van der Waals surface area contributed by atoms with Crippen LogP contribution in [-0.2, 0) is 16.0 Å². The molecule has 1 aliphatic heterocycles. The highest BCUT2D eigenvalue weighted by Gasteiger charge is 2.29.